The summed E-state index contributed by atoms with van der Waals surface area (Å²) in [6.45, 7) is 12.7. The monoisotopic (exact) mass is 276 g/mol. The minimum Gasteiger partial charge on any atom is -0.260 e. The molecule has 0 spiro atoms. The summed E-state index contributed by atoms with van der Waals surface area (Å²) in [6, 6.07) is 9.97. The number of hydrogen-bond acceptors (Lipinski definition) is 2. The molecule has 2 nitrogen and oxygen atoms in total. The predicted molar refractivity (Wildman–Crippen MR) is 91.7 cm³/mol. The molecule has 1 heterocycles. The average Bonchev–Trinajstić information content (AvgIpc) is 2.54. The first-order chi connectivity index (χ1) is 10.3. The third-order valence-corrected chi connectivity index (χ3v) is 2.52. The highest BCUT2D eigenvalue weighted by Gasteiger charge is 2.03. The van der Waals surface area contributed by atoms with Crippen LogP contribution < -0.4 is 0 Å². The van der Waals surface area contributed by atoms with Crippen molar-refractivity contribution in [2.24, 2.45) is 0 Å². The molecule has 0 unspecified atom stereocenters. The smallest absolute Gasteiger partial charge is 0.0892 e. The molecular formula is C19H20N2. The summed E-state index contributed by atoms with van der Waals surface area (Å²) in [5.41, 5.74) is 3.61. The number of rotatable bonds is 4. The minimum absolute atomic E-state index is 0.797. The lowest BCUT2D eigenvalue weighted by Crippen LogP contribution is -1.92. The molecule has 0 saturated heterocycles. The third kappa shape index (κ3) is 5.03. The lowest BCUT2D eigenvalue weighted by Gasteiger charge is -2.04. The molecule has 2 heteroatoms. The molecule has 2 aromatic rings. The van der Waals surface area contributed by atoms with Gasteiger partial charge in [0.15, 0.2) is 0 Å². The lowest BCUT2D eigenvalue weighted by molar-refractivity contribution is 1.18. The van der Waals surface area contributed by atoms with Gasteiger partial charge in [-0.15, -0.1) is 6.58 Å². The summed E-state index contributed by atoms with van der Waals surface area (Å²) >= 11 is 0. The van der Waals surface area contributed by atoms with Crippen molar-refractivity contribution in [1.29, 1.82) is 0 Å². The Morgan fingerprint density at radius 3 is 2.29 bits per heavy atom. The van der Waals surface area contributed by atoms with Crippen LogP contribution in [0.25, 0.3) is 16.8 Å². The highest BCUT2D eigenvalue weighted by Crippen LogP contribution is 2.19. The molecule has 1 aromatic heterocycles. The van der Waals surface area contributed by atoms with Crippen LogP contribution >= 0.6 is 0 Å². The van der Waals surface area contributed by atoms with E-state index in [0.717, 1.165) is 22.5 Å². The Hall–Kier alpha value is -2.74. The Bertz CT molecular complexity index is 625. The fourth-order valence-corrected chi connectivity index (χ4v) is 1.64. The minimum atomic E-state index is 0.797. The average molecular weight is 276 g/mol. The van der Waals surface area contributed by atoms with Crippen LogP contribution in [0.15, 0.2) is 86.8 Å². The Morgan fingerprint density at radius 1 is 1.05 bits per heavy atom. The first-order valence-corrected chi connectivity index (χ1v) is 6.66. The molecule has 0 N–H and O–H groups in total. The molecule has 2 rings (SSSR count). The van der Waals surface area contributed by atoms with Gasteiger partial charge in [0.05, 0.1) is 23.8 Å². The van der Waals surface area contributed by atoms with Crippen LogP contribution in [0.4, 0.5) is 0 Å². The predicted octanol–water partition coefficient (Wildman–Crippen LogP) is 5.09. The summed E-state index contributed by atoms with van der Waals surface area (Å²) in [5.74, 6) is 0. The van der Waals surface area contributed by atoms with Crippen molar-refractivity contribution in [3.63, 3.8) is 0 Å². The number of nitrogens with zero attached hydrogens (tertiary/aromatic N) is 2. The van der Waals surface area contributed by atoms with E-state index < -0.39 is 0 Å². The van der Waals surface area contributed by atoms with Gasteiger partial charge in [-0.3, -0.25) is 4.98 Å². The van der Waals surface area contributed by atoms with Gasteiger partial charge < -0.3 is 0 Å². The molecule has 0 aliphatic heterocycles. The topological polar surface area (TPSA) is 25.8 Å². The van der Waals surface area contributed by atoms with E-state index >= 15 is 0 Å². The number of hydrogen-bond donors (Lipinski definition) is 0. The normalized spacial score (nSPS) is 10.0. The molecule has 0 aliphatic carbocycles. The first-order valence-electron chi connectivity index (χ1n) is 6.66. The maximum Gasteiger partial charge on any atom is 0.0892 e. The van der Waals surface area contributed by atoms with Crippen molar-refractivity contribution >= 4 is 5.57 Å². The molecule has 0 aliphatic rings. The molecule has 21 heavy (non-hydrogen) atoms. The Morgan fingerprint density at radius 2 is 1.71 bits per heavy atom. The Kier molecular flexibility index (Phi) is 7.15. The largest absolute Gasteiger partial charge is 0.260 e. The third-order valence-electron chi connectivity index (χ3n) is 2.52. The van der Waals surface area contributed by atoms with Crippen LogP contribution in [0.1, 0.15) is 12.6 Å². The van der Waals surface area contributed by atoms with E-state index in [1.54, 1.807) is 30.6 Å². The molecule has 0 saturated carbocycles. The molecular weight excluding hydrogens is 256 g/mol. The molecule has 0 bridgehead atoms. The van der Waals surface area contributed by atoms with Gasteiger partial charge in [0.2, 0.25) is 0 Å². The first kappa shape index (κ1) is 16.3. The van der Waals surface area contributed by atoms with E-state index in [-0.39, 0.29) is 0 Å². The zero-order valence-corrected chi connectivity index (χ0v) is 12.4. The fourth-order valence-electron chi connectivity index (χ4n) is 1.64. The summed E-state index contributed by atoms with van der Waals surface area (Å²) < 4.78 is 0. The van der Waals surface area contributed by atoms with Gasteiger partial charge in [-0.2, -0.15) is 0 Å². The molecule has 1 aromatic carbocycles. The Labute approximate surface area is 126 Å². The number of allylic oxidation sites excluding steroid dienone is 5. The summed E-state index contributed by atoms with van der Waals surface area (Å²) in [6.07, 6.45) is 10.6. The zero-order valence-electron chi connectivity index (χ0n) is 12.4. The van der Waals surface area contributed by atoms with E-state index in [4.69, 9.17) is 0 Å². The van der Waals surface area contributed by atoms with E-state index in [1.807, 2.05) is 43.3 Å². The van der Waals surface area contributed by atoms with Gasteiger partial charge >= 0.3 is 0 Å². The van der Waals surface area contributed by atoms with Crippen molar-refractivity contribution in [2.45, 2.75) is 6.92 Å². The fraction of sp³-hybridized carbons (Fsp3) is 0.0526. The van der Waals surface area contributed by atoms with Crippen LogP contribution in [0.5, 0.6) is 0 Å². The SMILES string of the molecule is C=C/C=C(\C=C)c1cncc(-c2ccccc2)n1.C=CC. The van der Waals surface area contributed by atoms with Gasteiger partial charge in [0.25, 0.3) is 0 Å². The van der Waals surface area contributed by atoms with Crippen molar-refractivity contribution in [3.05, 3.63) is 92.5 Å². The standard InChI is InChI=1S/C16H14N2.C3H6/c1-3-8-13(4-2)15-11-17-12-16(18-15)14-9-6-5-7-10-14;1-3-2/h3-12H,1-2H2;3H,1H2,2H3/b13-8+;. The van der Waals surface area contributed by atoms with Gasteiger partial charge in [-0.1, -0.05) is 67.8 Å². The highest BCUT2D eigenvalue weighted by atomic mass is 14.8. The number of aromatic nitrogens is 2. The van der Waals surface area contributed by atoms with Crippen molar-refractivity contribution in [3.8, 4) is 11.3 Å². The van der Waals surface area contributed by atoms with Crippen LogP contribution in [-0.2, 0) is 0 Å². The second-order valence-corrected chi connectivity index (χ2v) is 4.13. The highest BCUT2D eigenvalue weighted by molar-refractivity contribution is 5.73. The van der Waals surface area contributed by atoms with E-state index in [0.29, 0.717) is 0 Å². The van der Waals surface area contributed by atoms with Crippen molar-refractivity contribution in [2.75, 3.05) is 0 Å². The summed E-state index contributed by atoms with van der Waals surface area (Å²) in [4.78, 5) is 8.81. The van der Waals surface area contributed by atoms with Gasteiger partial charge in [0.1, 0.15) is 0 Å². The second-order valence-electron chi connectivity index (χ2n) is 4.13. The van der Waals surface area contributed by atoms with Crippen molar-refractivity contribution in [1.82, 2.24) is 9.97 Å². The van der Waals surface area contributed by atoms with Gasteiger partial charge in [-0.25, -0.2) is 4.98 Å². The zero-order chi connectivity index (χ0) is 15.5. The quantitative estimate of drug-likeness (QED) is 0.574. The van der Waals surface area contributed by atoms with E-state index in [1.165, 1.54) is 0 Å². The molecule has 0 atom stereocenters. The molecule has 106 valence electrons. The van der Waals surface area contributed by atoms with Crippen LogP contribution in [0, 0.1) is 0 Å². The van der Waals surface area contributed by atoms with Gasteiger partial charge in [-0.05, 0) is 6.92 Å². The maximum absolute atomic E-state index is 4.58. The van der Waals surface area contributed by atoms with Crippen LogP contribution in [-0.4, -0.2) is 9.97 Å². The molecule has 0 fully saturated rings. The second kappa shape index (κ2) is 9.21. The van der Waals surface area contributed by atoms with Crippen molar-refractivity contribution < 1.29 is 0 Å². The Balaban J connectivity index is 0.000000677. The van der Waals surface area contributed by atoms with E-state index in [2.05, 4.69) is 29.7 Å². The lowest BCUT2D eigenvalue weighted by atomic mass is 10.1. The van der Waals surface area contributed by atoms with Crippen LogP contribution in [0.2, 0.25) is 0 Å². The molecule has 0 radical (unpaired) electrons. The maximum atomic E-state index is 4.58. The van der Waals surface area contributed by atoms with Gasteiger partial charge in [0, 0.05) is 11.1 Å². The summed E-state index contributed by atoms with van der Waals surface area (Å²) in [5, 5.41) is 0. The number of benzene rings is 1. The molecule has 0 amide bonds. The van der Waals surface area contributed by atoms with Crippen LogP contribution in [0.3, 0.4) is 0 Å². The summed E-state index contributed by atoms with van der Waals surface area (Å²) in [7, 11) is 0. The van der Waals surface area contributed by atoms with E-state index in [9.17, 15) is 0 Å².